The number of aromatic amines is 1. The first kappa shape index (κ1) is 26.6. The van der Waals surface area contributed by atoms with Gasteiger partial charge in [0.25, 0.3) is 11.5 Å². The van der Waals surface area contributed by atoms with Crippen LogP contribution in [0.1, 0.15) is 41.9 Å². The number of nitrogens with one attached hydrogen (secondary N) is 1. The molecule has 3 N–H and O–H groups in total. The summed E-state index contributed by atoms with van der Waals surface area (Å²) < 4.78 is 6.26. The molecule has 0 aliphatic carbocycles. The van der Waals surface area contributed by atoms with Gasteiger partial charge >= 0.3 is 11.7 Å². The largest absolute Gasteiger partial charge is 0.456 e. The minimum absolute atomic E-state index is 0.0414. The van der Waals surface area contributed by atoms with E-state index in [1.54, 1.807) is 41.8 Å². The van der Waals surface area contributed by atoms with Crippen LogP contribution in [0, 0.1) is 5.92 Å². The van der Waals surface area contributed by atoms with Gasteiger partial charge in [-0.05, 0) is 22.9 Å². The Morgan fingerprint density at radius 3 is 2.44 bits per heavy atom. The van der Waals surface area contributed by atoms with E-state index >= 15 is 0 Å². The topological polar surface area (TPSA) is 145 Å². The number of benzene rings is 1. The normalized spacial score (nSPS) is 10.9. The van der Waals surface area contributed by atoms with Gasteiger partial charge in [0, 0.05) is 13.0 Å². The molecule has 190 valence electrons. The fourth-order valence-corrected chi connectivity index (χ4v) is 4.21. The second-order valence-electron chi connectivity index (χ2n) is 8.52. The SMILES string of the molecule is CC(C)CN(C(=O)COC(=O)CCC(=O)c1cccs1)c1c(N)n(Cc2ccccc2)c(=O)[nH]c1=O. The molecule has 0 fully saturated rings. The van der Waals surface area contributed by atoms with Crippen molar-refractivity contribution in [1.29, 1.82) is 0 Å². The molecule has 0 saturated heterocycles. The fraction of sp³-hybridized carbons (Fsp3) is 0.320. The van der Waals surface area contributed by atoms with E-state index < -0.39 is 29.7 Å². The Labute approximate surface area is 211 Å². The van der Waals surface area contributed by atoms with Crippen LogP contribution in [0.2, 0.25) is 0 Å². The van der Waals surface area contributed by atoms with Gasteiger partial charge < -0.3 is 15.4 Å². The summed E-state index contributed by atoms with van der Waals surface area (Å²) in [7, 11) is 0. The van der Waals surface area contributed by atoms with E-state index in [4.69, 9.17) is 10.5 Å². The van der Waals surface area contributed by atoms with Crippen LogP contribution in [-0.4, -0.2) is 40.4 Å². The smallest absolute Gasteiger partial charge is 0.330 e. The number of rotatable bonds is 11. The molecule has 3 rings (SSSR count). The number of ether oxygens (including phenoxy) is 1. The Morgan fingerprint density at radius 1 is 1.08 bits per heavy atom. The van der Waals surface area contributed by atoms with E-state index in [9.17, 15) is 24.0 Å². The highest BCUT2D eigenvalue weighted by Crippen LogP contribution is 2.20. The number of hydrogen-bond donors (Lipinski definition) is 2. The van der Waals surface area contributed by atoms with E-state index in [-0.39, 0.29) is 49.1 Å². The number of Topliss-reactive ketones (excluding diaryl/α,β-unsaturated/α-hetero) is 1. The number of nitrogens with two attached hydrogens (primary N) is 1. The third-order valence-corrected chi connectivity index (χ3v) is 6.14. The number of nitrogens with zero attached hydrogens (tertiary/aromatic N) is 2. The molecule has 36 heavy (non-hydrogen) atoms. The lowest BCUT2D eigenvalue weighted by molar-refractivity contribution is -0.147. The van der Waals surface area contributed by atoms with Crippen LogP contribution in [-0.2, 0) is 20.9 Å². The van der Waals surface area contributed by atoms with Crippen molar-refractivity contribution in [2.45, 2.75) is 33.2 Å². The first-order valence-electron chi connectivity index (χ1n) is 11.4. The molecule has 3 aromatic rings. The molecule has 0 bridgehead atoms. The van der Waals surface area contributed by atoms with Gasteiger partial charge in [0.15, 0.2) is 18.1 Å². The van der Waals surface area contributed by atoms with Gasteiger partial charge in [-0.15, -0.1) is 11.3 Å². The third kappa shape index (κ3) is 6.79. The Kier molecular flexibility index (Phi) is 8.96. The lowest BCUT2D eigenvalue weighted by atomic mass is 10.2. The Balaban J connectivity index is 1.76. The minimum atomic E-state index is -0.816. The number of carbonyl (C=O) groups is 3. The fourth-order valence-electron chi connectivity index (χ4n) is 3.51. The molecule has 0 spiro atoms. The Hall–Kier alpha value is -3.99. The molecule has 0 saturated carbocycles. The summed E-state index contributed by atoms with van der Waals surface area (Å²) in [5, 5.41) is 1.77. The summed E-state index contributed by atoms with van der Waals surface area (Å²) in [6.45, 7) is 3.23. The van der Waals surface area contributed by atoms with Crippen molar-refractivity contribution < 1.29 is 19.1 Å². The van der Waals surface area contributed by atoms with E-state index in [0.29, 0.717) is 4.88 Å². The number of aromatic nitrogens is 2. The van der Waals surface area contributed by atoms with Gasteiger partial charge in [0.1, 0.15) is 5.82 Å². The van der Waals surface area contributed by atoms with E-state index in [0.717, 1.165) is 10.5 Å². The van der Waals surface area contributed by atoms with Crippen LogP contribution in [0.3, 0.4) is 0 Å². The highest BCUT2D eigenvalue weighted by Gasteiger charge is 2.26. The Morgan fingerprint density at radius 2 is 1.81 bits per heavy atom. The zero-order valence-corrected chi connectivity index (χ0v) is 20.9. The van der Waals surface area contributed by atoms with Crippen LogP contribution in [0.4, 0.5) is 11.5 Å². The molecule has 2 heterocycles. The number of H-pyrrole nitrogens is 1. The second kappa shape index (κ2) is 12.1. The highest BCUT2D eigenvalue weighted by atomic mass is 32.1. The standard InChI is InChI=1S/C25H28N4O6S/c1-16(2)13-28(20(31)15-35-21(32)11-10-18(30)19-9-6-12-36-19)22-23(26)29(25(34)27-24(22)33)14-17-7-4-3-5-8-17/h3-9,12,16H,10-11,13-15,26H2,1-2H3,(H,27,33,34). The monoisotopic (exact) mass is 512 g/mol. The quantitative estimate of drug-likeness (QED) is 0.296. The van der Waals surface area contributed by atoms with Gasteiger partial charge in [0.2, 0.25) is 0 Å². The van der Waals surface area contributed by atoms with Crippen molar-refractivity contribution in [3.8, 4) is 0 Å². The molecule has 1 aromatic carbocycles. The lowest BCUT2D eigenvalue weighted by Gasteiger charge is -2.26. The van der Waals surface area contributed by atoms with Gasteiger partial charge in [-0.3, -0.25) is 28.7 Å². The lowest BCUT2D eigenvalue weighted by Crippen LogP contribution is -2.44. The predicted octanol–water partition coefficient (Wildman–Crippen LogP) is 2.42. The maximum absolute atomic E-state index is 13.1. The van der Waals surface area contributed by atoms with E-state index in [2.05, 4.69) is 4.98 Å². The summed E-state index contributed by atoms with van der Waals surface area (Å²) in [6.07, 6.45) is -0.223. The summed E-state index contributed by atoms with van der Waals surface area (Å²) in [6, 6.07) is 12.5. The van der Waals surface area contributed by atoms with Crippen molar-refractivity contribution in [3.63, 3.8) is 0 Å². The summed E-state index contributed by atoms with van der Waals surface area (Å²) in [5.41, 5.74) is 5.30. The predicted molar refractivity (Wildman–Crippen MR) is 137 cm³/mol. The van der Waals surface area contributed by atoms with Crippen molar-refractivity contribution in [3.05, 3.63) is 79.1 Å². The van der Waals surface area contributed by atoms with Crippen LogP contribution in [0.5, 0.6) is 0 Å². The maximum Gasteiger partial charge on any atom is 0.330 e. The van der Waals surface area contributed by atoms with Crippen LogP contribution < -0.4 is 21.9 Å². The minimum Gasteiger partial charge on any atom is -0.456 e. The van der Waals surface area contributed by atoms with Crippen molar-refractivity contribution >= 4 is 40.5 Å². The molecule has 0 atom stereocenters. The molecule has 1 amide bonds. The number of esters is 1. The highest BCUT2D eigenvalue weighted by molar-refractivity contribution is 7.12. The average molecular weight is 513 g/mol. The molecule has 0 unspecified atom stereocenters. The van der Waals surface area contributed by atoms with Crippen LogP contribution in [0.15, 0.2) is 57.4 Å². The number of amides is 1. The number of nitrogen functional groups attached to an aromatic ring is 1. The zero-order valence-electron chi connectivity index (χ0n) is 20.1. The number of hydrogen-bond acceptors (Lipinski definition) is 8. The third-order valence-electron chi connectivity index (χ3n) is 5.23. The molecule has 10 nitrogen and oxygen atoms in total. The van der Waals surface area contributed by atoms with Crippen LogP contribution >= 0.6 is 11.3 Å². The molecule has 0 aliphatic rings. The van der Waals surface area contributed by atoms with Crippen LogP contribution in [0.25, 0.3) is 0 Å². The van der Waals surface area contributed by atoms with Crippen molar-refractivity contribution in [2.75, 3.05) is 23.8 Å². The molecule has 0 radical (unpaired) electrons. The summed E-state index contributed by atoms with van der Waals surface area (Å²) >= 11 is 1.28. The van der Waals surface area contributed by atoms with Gasteiger partial charge in [-0.2, -0.15) is 0 Å². The van der Waals surface area contributed by atoms with Crippen molar-refractivity contribution in [2.24, 2.45) is 5.92 Å². The molecule has 2 aromatic heterocycles. The first-order valence-corrected chi connectivity index (χ1v) is 12.2. The zero-order chi connectivity index (χ0) is 26.2. The average Bonchev–Trinajstić information content (AvgIpc) is 3.38. The second-order valence-corrected chi connectivity index (χ2v) is 9.47. The van der Waals surface area contributed by atoms with Gasteiger partial charge in [-0.25, -0.2) is 4.79 Å². The molecular formula is C25H28N4O6S. The number of ketones is 1. The molecule has 0 aliphatic heterocycles. The molecular weight excluding hydrogens is 484 g/mol. The maximum atomic E-state index is 13.1. The van der Waals surface area contributed by atoms with E-state index in [1.807, 2.05) is 19.9 Å². The summed E-state index contributed by atoms with van der Waals surface area (Å²) in [4.78, 5) is 66.4. The number of carbonyl (C=O) groups excluding carboxylic acids is 3. The number of anilines is 2. The Bertz CT molecular complexity index is 1330. The molecule has 11 heteroatoms. The van der Waals surface area contributed by atoms with Crippen molar-refractivity contribution in [1.82, 2.24) is 9.55 Å². The number of thiophene rings is 1. The summed E-state index contributed by atoms with van der Waals surface area (Å²) in [5.74, 6) is -1.82. The van der Waals surface area contributed by atoms with Gasteiger partial charge in [-0.1, -0.05) is 50.2 Å². The van der Waals surface area contributed by atoms with Gasteiger partial charge in [0.05, 0.1) is 17.8 Å². The first-order chi connectivity index (χ1) is 17.2. The van der Waals surface area contributed by atoms with E-state index in [1.165, 1.54) is 15.9 Å².